The van der Waals surface area contributed by atoms with Gasteiger partial charge in [-0.25, -0.2) is 0 Å². The molecule has 0 aromatic heterocycles. The highest BCUT2D eigenvalue weighted by atomic mass is 35.5. The van der Waals surface area contributed by atoms with Crippen molar-refractivity contribution in [2.24, 2.45) is 0 Å². The minimum absolute atomic E-state index is 0.00492. The number of benzene rings is 1. The van der Waals surface area contributed by atoms with Crippen molar-refractivity contribution in [1.82, 2.24) is 9.80 Å². The maximum absolute atomic E-state index is 12.3. The summed E-state index contributed by atoms with van der Waals surface area (Å²) in [6.45, 7) is 5.39. The van der Waals surface area contributed by atoms with E-state index < -0.39 is 0 Å². The average Bonchev–Trinajstić information content (AvgIpc) is 2.58. The number of nitrogens with one attached hydrogen (secondary N) is 2. The summed E-state index contributed by atoms with van der Waals surface area (Å²) in [6, 6.07) is 4.75. The molecule has 0 aliphatic heterocycles. The van der Waals surface area contributed by atoms with Crippen LogP contribution in [-0.2, 0) is 14.4 Å². The fourth-order valence-corrected chi connectivity index (χ4v) is 2.78. The molecule has 1 rings (SSSR count). The van der Waals surface area contributed by atoms with Gasteiger partial charge < -0.3 is 20.0 Å². The van der Waals surface area contributed by atoms with Gasteiger partial charge >= 0.3 is 0 Å². The molecule has 0 aliphatic carbocycles. The van der Waals surface area contributed by atoms with Crippen LogP contribution in [0.5, 0.6) is 0 Å². The van der Waals surface area contributed by atoms with Crippen LogP contribution in [0, 0.1) is 0 Å². The average molecular weight is 418 g/mol. The van der Waals surface area contributed by atoms with E-state index in [2.05, 4.69) is 5.32 Å². The van der Waals surface area contributed by atoms with Crippen LogP contribution in [-0.4, -0.2) is 74.3 Å². The Labute approximate surface area is 170 Å². The number of anilines is 1. The van der Waals surface area contributed by atoms with Crippen molar-refractivity contribution < 1.29 is 19.3 Å². The molecule has 7 nitrogen and oxygen atoms in total. The molecule has 1 unspecified atom stereocenters. The molecule has 0 fully saturated rings. The van der Waals surface area contributed by atoms with Crippen LogP contribution in [0.3, 0.4) is 0 Å². The Balaban J connectivity index is 2.49. The molecule has 27 heavy (non-hydrogen) atoms. The molecular formula is C18H27Cl2N4O3+. The Morgan fingerprint density at radius 1 is 1.04 bits per heavy atom. The Hall–Kier alpha value is -1.83. The standard InChI is InChI=1S/C18H26Cl2N4O3/c1-5-24(6-2)18(27)12-22(3)11-17(26)23(4)10-16(25)21-13-7-8-14(19)15(20)9-13/h7-9H,5-6,10-12H2,1-4H3,(H,21,25)/p+1. The number of carbonyl (C=O) groups is 3. The van der Waals surface area contributed by atoms with Crippen LogP contribution in [0.25, 0.3) is 0 Å². The van der Waals surface area contributed by atoms with Crippen molar-refractivity contribution >= 4 is 46.6 Å². The van der Waals surface area contributed by atoms with Gasteiger partial charge in [-0.15, -0.1) is 0 Å². The molecule has 2 N–H and O–H groups in total. The number of quaternary nitrogens is 1. The van der Waals surface area contributed by atoms with Gasteiger partial charge in [0, 0.05) is 25.8 Å². The fourth-order valence-electron chi connectivity index (χ4n) is 2.48. The summed E-state index contributed by atoms with van der Waals surface area (Å²) in [4.78, 5) is 40.3. The van der Waals surface area contributed by atoms with Crippen LogP contribution in [0.15, 0.2) is 18.2 Å². The third-order valence-electron chi connectivity index (χ3n) is 4.03. The van der Waals surface area contributed by atoms with Crippen LogP contribution in [0.4, 0.5) is 5.69 Å². The topological polar surface area (TPSA) is 74.2 Å². The van der Waals surface area contributed by atoms with Crippen molar-refractivity contribution in [2.45, 2.75) is 13.8 Å². The summed E-state index contributed by atoms with van der Waals surface area (Å²) in [5.41, 5.74) is 0.503. The van der Waals surface area contributed by atoms with Gasteiger partial charge in [0.25, 0.3) is 11.8 Å². The van der Waals surface area contributed by atoms with Gasteiger partial charge in [-0.05, 0) is 32.0 Å². The summed E-state index contributed by atoms with van der Waals surface area (Å²) >= 11 is 11.8. The van der Waals surface area contributed by atoms with Crippen molar-refractivity contribution in [3.8, 4) is 0 Å². The van der Waals surface area contributed by atoms with Gasteiger partial charge in [-0.3, -0.25) is 14.4 Å². The zero-order valence-electron chi connectivity index (χ0n) is 16.1. The Morgan fingerprint density at radius 3 is 2.19 bits per heavy atom. The summed E-state index contributed by atoms with van der Waals surface area (Å²) in [5.74, 6) is -0.560. The lowest BCUT2D eigenvalue weighted by Gasteiger charge is -2.22. The molecule has 0 heterocycles. The van der Waals surface area contributed by atoms with E-state index in [4.69, 9.17) is 23.2 Å². The number of halogens is 2. The van der Waals surface area contributed by atoms with Gasteiger partial charge in [-0.1, -0.05) is 23.2 Å². The zero-order valence-corrected chi connectivity index (χ0v) is 17.7. The van der Waals surface area contributed by atoms with E-state index in [9.17, 15) is 14.4 Å². The molecule has 0 aliphatic rings. The molecule has 9 heteroatoms. The molecule has 1 aromatic rings. The van der Waals surface area contributed by atoms with E-state index in [1.807, 2.05) is 13.8 Å². The molecule has 150 valence electrons. The minimum atomic E-state index is -0.346. The highest BCUT2D eigenvalue weighted by molar-refractivity contribution is 6.42. The summed E-state index contributed by atoms with van der Waals surface area (Å²) < 4.78 is 0. The van der Waals surface area contributed by atoms with Gasteiger partial charge in [0.2, 0.25) is 5.91 Å². The molecule has 1 atom stereocenters. The summed E-state index contributed by atoms with van der Waals surface area (Å²) in [7, 11) is 3.33. The molecular weight excluding hydrogens is 391 g/mol. The van der Waals surface area contributed by atoms with Crippen molar-refractivity contribution in [2.75, 3.05) is 52.1 Å². The van der Waals surface area contributed by atoms with Crippen LogP contribution in [0.1, 0.15) is 13.8 Å². The number of likely N-dealkylation sites (N-methyl/N-ethyl adjacent to an activating group) is 3. The van der Waals surface area contributed by atoms with E-state index in [0.29, 0.717) is 28.8 Å². The number of hydrogen-bond donors (Lipinski definition) is 2. The smallest absolute Gasteiger partial charge is 0.277 e. The predicted octanol–water partition coefficient (Wildman–Crippen LogP) is 0.773. The van der Waals surface area contributed by atoms with Gasteiger partial charge in [0.15, 0.2) is 13.1 Å². The first-order valence-electron chi connectivity index (χ1n) is 8.75. The lowest BCUT2D eigenvalue weighted by Crippen LogP contribution is -3.11. The quantitative estimate of drug-likeness (QED) is 0.623. The van der Waals surface area contributed by atoms with Crippen LogP contribution in [0.2, 0.25) is 10.0 Å². The molecule has 0 bridgehead atoms. The second-order valence-corrected chi connectivity index (χ2v) is 7.12. The molecule has 0 saturated carbocycles. The van der Waals surface area contributed by atoms with Crippen molar-refractivity contribution in [3.63, 3.8) is 0 Å². The highest BCUT2D eigenvalue weighted by Crippen LogP contribution is 2.24. The van der Waals surface area contributed by atoms with Gasteiger partial charge in [-0.2, -0.15) is 0 Å². The number of hydrogen-bond acceptors (Lipinski definition) is 3. The normalized spacial score (nSPS) is 11.6. The van der Waals surface area contributed by atoms with E-state index in [-0.39, 0.29) is 37.4 Å². The molecule has 1 aromatic carbocycles. The molecule has 0 saturated heterocycles. The first kappa shape index (κ1) is 23.2. The number of carbonyl (C=O) groups excluding carboxylic acids is 3. The number of rotatable bonds is 9. The molecule has 0 radical (unpaired) electrons. The van der Waals surface area contributed by atoms with E-state index in [0.717, 1.165) is 4.90 Å². The van der Waals surface area contributed by atoms with E-state index >= 15 is 0 Å². The van der Waals surface area contributed by atoms with Gasteiger partial charge in [0.1, 0.15) is 0 Å². The molecule has 0 spiro atoms. The van der Waals surface area contributed by atoms with Crippen molar-refractivity contribution in [1.29, 1.82) is 0 Å². The molecule has 3 amide bonds. The predicted molar refractivity (Wildman–Crippen MR) is 107 cm³/mol. The monoisotopic (exact) mass is 417 g/mol. The third-order valence-corrected chi connectivity index (χ3v) is 4.77. The van der Waals surface area contributed by atoms with Crippen molar-refractivity contribution in [3.05, 3.63) is 28.2 Å². The summed E-state index contributed by atoms with van der Waals surface area (Å²) in [5, 5.41) is 3.40. The first-order valence-corrected chi connectivity index (χ1v) is 9.51. The SMILES string of the molecule is CCN(CC)C(=O)C[NH+](C)CC(=O)N(C)CC(=O)Nc1ccc(Cl)c(Cl)c1. The lowest BCUT2D eigenvalue weighted by molar-refractivity contribution is -0.863. The van der Waals surface area contributed by atoms with Crippen LogP contribution < -0.4 is 10.2 Å². The second-order valence-electron chi connectivity index (χ2n) is 6.30. The minimum Gasteiger partial charge on any atom is -0.338 e. The maximum atomic E-state index is 12.3. The Morgan fingerprint density at radius 2 is 1.63 bits per heavy atom. The number of amides is 3. The second kappa shape index (κ2) is 11.1. The third kappa shape index (κ3) is 7.74. The van der Waals surface area contributed by atoms with Crippen LogP contribution >= 0.6 is 23.2 Å². The maximum Gasteiger partial charge on any atom is 0.277 e. The Bertz CT molecular complexity index is 681. The Kier molecular flexibility index (Phi) is 9.55. The largest absolute Gasteiger partial charge is 0.338 e. The first-order chi connectivity index (χ1) is 12.7. The zero-order chi connectivity index (χ0) is 20.6. The summed E-state index contributed by atoms with van der Waals surface area (Å²) in [6.07, 6.45) is 0. The highest BCUT2D eigenvalue weighted by Gasteiger charge is 2.21. The number of nitrogens with zero attached hydrogens (tertiary/aromatic N) is 2. The van der Waals surface area contributed by atoms with Gasteiger partial charge in [0.05, 0.1) is 23.6 Å². The van der Waals surface area contributed by atoms with E-state index in [1.54, 1.807) is 37.2 Å². The van der Waals surface area contributed by atoms with E-state index in [1.165, 1.54) is 4.90 Å². The fraction of sp³-hybridized carbons (Fsp3) is 0.500. The lowest BCUT2D eigenvalue weighted by atomic mass is 10.3.